The average molecular weight is 448 g/mol. The lowest BCUT2D eigenvalue weighted by molar-refractivity contribution is -0.132. The van der Waals surface area contributed by atoms with E-state index in [2.05, 4.69) is 34.7 Å². The normalized spacial score (nSPS) is 19.4. The van der Waals surface area contributed by atoms with Crippen LogP contribution >= 0.6 is 0 Å². The summed E-state index contributed by atoms with van der Waals surface area (Å²) in [6.07, 6.45) is 6.24. The molecule has 0 aliphatic heterocycles. The fourth-order valence-corrected chi connectivity index (χ4v) is 4.70. The standard InChI is InChI=1S/C26H33N5O2/c1-18(2)20-11-13-21(14-12-20)25(32)28-22(16-19-8-4-3-5-9-19)26(33)27-17-24-30-29-23-10-6-7-15-31(23)24/h3-10,15,18,20-22H,11-14,16-17H2,1-2H3,(H,27,33)(H,28,32)/t20?,21?,22-/m1/s1. The highest BCUT2D eigenvalue weighted by Gasteiger charge is 2.30. The van der Waals surface area contributed by atoms with Crippen LogP contribution in [0.1, 0.15) is 50.9 Å². The first-order valence-corrected chi connectivity index (χ1v) is 11.9. The van der Waals surface area contributed by atoms with Crippen LogP contribution in [0, 0.1) is 17.8 Å². The Kier molecular flexibility index (Phi) is 7.37. The minimum Gasteiger partial charge on any atom is -0.347 e. The SMILES string of the molecule is CC(C)C1CCC(C(=O)N[C@H](Cc2ccccc2)C(=O)NCc2nnc3ccccn23)CC1. The number of carbonyl (C=O) groups is 2. The fourth-order valence-electron chi connectivity index (χ4n) is 4.70. The van der Waals surface area contributed by atoms with Crippen LogP contribution < -0.4 is 10.6 Å². The van der Waals surface area contributed by atoms with Gasteiger partial charge in [-0.3, -0.25) is 14.0 Å². The van der Waals surface area contributed by atoms with Crippen LogP contribution in [0.2, 0.25) is 0 Å². The van der Waals surface area contributed by atoms with Gasteiger partial charge in [-0.1, -0.05) is 50.2 Å². The highest BCUT2D eigenvalue weighted by Crippen LogP contribution is 2.33. The molecule has 2 N–H and O–H groups in total. The quantitative estimate of drug-likeness (QED) is 0.553. The highest BCUT2D eigenvalue weighted by atomic mass is 16.2. The van der Waals surface area contributed by atoms with Crippen molar-refractivity contribution < 1.29 is 9.59 Å². The molecule has 33 heavy (non-hydrogen) atoms. The summed E-state index contributed by atoms with van der Waals surface area (Å²) in [6.45, 7) is 4.75. The molecular weight excluding hydrogens is 414 g/mol. The lowest BCUT2D eigenvalue weighted by Crippen LogP contribution is -2.50. The van der Waals surface area contributed by atoms with Crippen molar-refractivity contribution in [2.45, 2.75) is 58.5 Å². The maximum absolute atomic E-state index is 13.2. The summed E-state index contributed by atoms with van der Waals surface area (Å²) >= 11 is 0. The largest absolute Gasteiger partial charge is 0.347 e. The summed E-state index contributed by atoms with van der Waals surface area (Å²) < 4.78 is 1.85. The summed E-state index contributed by atoms with van der Waals surface area (Å²) in [5.41, 5.74) is 1.74. The molecule has 7 nitrogen and oxygen atoms in total. The monoisotopic (exact) mass is 447 g/mol. The van der Waals surface area contributed by atoms with Crippen molar-refractivity contribution in [2.75, 3.05) is 0 Å². The third-order valence-electron chi connectivity index (χ3n) is 6.81. The number of rotatable bonds is 8. The van der Waals surface area contributed by atoms with E-state index in [1.807, 2.05) is 59.1 Å². The highest BCUT2D eigenvalue weighted by molar-refractivity contribution is 5.88. The van der Waals surface area contributed by atoms with Crippen LogP contribution in [-0.2, 0) is 22.6 Å². The zero-order valence-electron chi connectivity index (χ0n) is 19.4. The Balaban J connectivity index is 1.41. The Morgan fingerprint density at radius 2 is 1.73 bits per heavy atom. The Labute approximate surface area is 195 Å². The molecule has 1 aromatic carbocycles. The molecule has 1 aliphatic carbocycles. The smallest absolute Gasteiger partial charge is 0.243 e. The third kappa shape index (κ3) is 5.78. The Morgan fingerprint density at radius 3 is 2.45 bits per heavy atom. The molecule has 1 aliphatic rings. The fraction of sp³-hybridized carbons (Fsp3) is 0.462. The molecule has 2 amide bonds. The lowest BCUT2D eigenvalue weighted by Gasteiger charge is -2.31. The number of nitrogens with one attached hydrogen (secondary N) is 2. The van der Waals surface area contributed by atoms with Crippen LogP contribution in [0.5, 0.6) is 0 Å². The number of benzene rings is 1. The van der Waals surface area contributed by atoms with Crippen molar-refractivity contribution >= 4 is 17.5 Å². The molecular formula is C26H33N5O2. The molecule has 2 heterocycles. The van der Waals surface area contributed by atoms with E-state index in [-0.39, 0.29) is 24.3 Å². The Morgan fingerprint density at radius 1 is 1.00 bits per heavy atom. The van der Waals surface area contributed by atoms with Gasteiger partial charge in [-0.25, -0.2) is 0 Å². The zero-order valence-corrected chi connectivity index (χ0v) is 19.4. The summed E-state index contributed by atoms with van der Waals surface area (Å²) in [5.74, 6) is 1.74. The van der Waals surface area contributed by atoms with Gasteiger partial charge in [0.05, 0.1) is 6.54 Å². The van der Waals surface area contributed by atoms with E-state index >= 15 is 0 Å². The second-order valence-corrected chi connectivity index (χ2v) is 9.37. The second kappa shape index (κ2) is 10.6. The minimum atomic E-state index is -0.637. The first-order valence-electron chi connectivity index (χ1n) is 11.9. The number of hydrogen-bond donors (Lipinski definition) is 2. The summed E-state index contributed by atoms with van der Waals surface area (Å²) in [6, 6.07) is 14.8. The Hall–Kier alpha value is -3.22. The summed E-state index contributed by atoms with van der Waals surface area (Å²) in [7, 11) is 0. The second-order valence-electron chi connectivity index (χ2n) is 9.37. The summed E-state index contributed by atoms with van der Waals surface area (Å²) in [4.78, 5) is 26.2. The average Bonchev–Trinajstić information content (AvgIpc) is 3.26. The maximum Gasteiger partial charge on any atom is 0.243 e. The summed E-state index contributed by atoms with van der Waals surface area (Å²) in [5, 5.41) is 14.3. The topological polar surface area (TPSA) is 88.4 Å². The first-order chi connectivity index (χ1) is 16.0. The van der Waals surface area contributed by atoms with Gasteiger partial charge in [0.15, 0.2) is 11.5 Å². The van der Waals surface area contributed by atoms with Crippen molar-refractivity contribution in [3.05, 3.63) is 66.1 Å². The number of fused-ring (bicyclic) bond motifs is 1. The number of carbonyl (C=O) groups excluding carboxylic acids is 2. The predicted molar refractivity (Wildman–Crippen MR) is 127 cm³/mol. The van der Waals surface area contributed by atoms with E-state index < -0.39 is 6.04 Å². The molecule has 1 fully saturated rings. The maximum atomic E-state index is 13.2. The van der Waals surface area contributed by atoms with Gasteiger partial charge in [-0.05, 0) is 55.2 Å². The number of nitrogens with zero attached hydrogens (tertiary/aromatic N) is 3. The van der Waals surface area contributed by atoms with E-state index in [1.165, 1.54) is 0 Å². The minimum absolute atomic E-state index is 0.0128. The van der Waals surface area contributed by atoms with Gasteiger partial charge >= 0.3 is 0 Å². The molecule has 174 valence electrons. The molecule has 0 radical (unpaired) electrons. The molecule has 4 rings (SSSR count). The van der Waals surface area contributed by atoms with Gasteiger partial charge < -0.3 is 10.6 Å². The molecule has 0 spiro atoms. The predicted octanol–water partition coefficient (Wildman–Crippen LogP) is 3.54. The number of amides is 2. The molecule has 2 aromatic heterocycles. The number of aromatic nitrogens is 3. The van der Waals surface area contributed by atoms with Gasteiger partial charge in [0.2, 0.25) is 11.8 Å². The molecule has 0 bridgehead atoms. The van der Waals surface area contributed by atoms with Crippen LogP contribution in [0.4, 0.5) is 0 Å². The van der Waals surface area contributed by atoms with E-state index in [9.17, 15) is 9.59 Å². The van der Waals surface area contributed by atoms with Gasteiger partial charge in [-0.2, -0.15) is 0 Å². The molecule has 7 heteroatoms. The molecule has 0 saturated heterocycles. The van der Waals surface area contributed by atoms with Gasteiger partial charge in [0.25, 0.3) is 0 Å². The van der Waals surface area contributed by atoms with Crippen LogP contribution in [0.3, 0.4) is 0 Å². The third-order valence-corrected chi connectivity index (χ3v) is 6.81. The van der Waals surface area contributed by atoms with Crippen LogP contribution in [-0.4, -0.2) is 32.5 Å². The van der Waals surface area contributed by atoms with Gasteiger partial charge in [0, 0.05) is 18.5 Å². The van der Waals surface area contributed by atoms with Crippen LogP contribution in [0.25, 0.3) is 5.65 Å². The zero-order chi connectivity index (χ0) is 23.2. The van der Waals surface area contributed by atoms with Crippen molar-refractivity contribution in [1.29, 1.82) is 0 Å². The van der Waals surface area contributed by atoms with Gasteiger partial charge in [-0.15, -0.1) is 10.2 Å². The number of hydrogen-bond acceptors (Lipinski definition) is 4. The van der Waals surface area contributed by atoms with E-state index in [1.54, 1.807) is 0 Å². The molecule has 0 unspecified atom stereocenters. The molecule has 1 atom stereocenters. The molecule has 1 saturated carbocycles. The van der Waals surface area contributed by atoms with Crippen molar-refractivity contribution in [2.24, 2.45) is 17.8 Å². The van der Waals surface area contributed by atoms with Crippen LogP contribution in [0.15, 0.2) is 54.7 Å². The first kappa shape index (κ1) is 23.0. The van der Waals surface area contributed by atoms with E-state index in [0.29, 0.717) is 24.1 Å². The number of pyridine rings is 1. The van der Waals surface area contributed by atoms with E-state index in [0.717, 1.165) is 36.9 Å². The molecule has 3 aromatic rings. The van der Waals surface area contributed by atoms with Crippen molar-refractivity contribution in [1.82, 2.24) is 25.2 Å². The van der Waals surface area contributed by atoms with E-state index in [4.69, 9.17) is 0 Å². The van der Waals surface area contributed by atoms with Crippen molar-refractivity contribution in [3.8, 4) is 0 Å². The van der Waals surface area contributed by atoms with Gasteiger partial charge in [0.1, 0.15) is 6.04 Å². The lowest BCUT2D eigenvalue weighted by atomic mass is 9.76. The Bertz CT molecular complexity index is 1070. The van der Waals surface area contributed by atoms with Crippen molar-refractivity contribution in [3.63, 3.8) is 0 Å².